The zero-order valence-electron chi connectivity index (χ0n) is 8.20. The number of rotatable bonds is 4. The zero-order chi connectivity index (χ0) is 9.68. The molecule has 1 aromatic rings. The highest BCUT2D eigenvalue weighted by Crippen LogP contribution is 2.08. The predicted molar refractivity (Wildman–Crippen MR) is 54.6 cm³/mol. The van der Waals surface area contributed by atoms with Crippen LogP contribution < -0.4 is 10.6 Å². The first-order valence-electron chi connectivity index (χ1n) is 4.52. The van der Waals surface area contributed by atoms with Crippen LogP contribution >= 0.6 is 0 Å². The van der Waals surface area contributed by atoms with Gasteiger partial charge in [-0.2, -0.15) is 0 Å². The van der Waals surface area contributed by atoms with Gasteiger partial charge in [-0.25, -0.2) is 4.98 Å². The maximum absolute atomic E-state index is 5.52. The molecule has 4 heteroatoms. The first-order chi connectivity index (χ1) is 6.24. The Balaban J connectivity index is 2.60. The number of unbranched alkanes of at least 4 members (excludes halogenated alkanes) is 1. The molecule has 0 unspecified atom stereocenters. The predicted octanol–water partition coefficient (Wildman–Crippen LogP) is 1.30. The van der Waals surface area contributed by atoms with Gasteiger partial charge >= 0.3 is 0 Å². The van der Waals surface area contributed by atoms with E-state index in [9.17, 15) is 0 Å². The summed E-state index contributed by atoms with van der Waals surface area (Å²) in [6, 6.07) is 0. The van der Waals surface area contributed by atoms with Gasteiger partial charge in [-0.15, -0.1) is 0 Å². The molecule has 1 aromatic heterocycles. The molecule has 0 bridgehead atoms. The highest BCUT2D eigenvalue weighted by Gasteiger charge is 2.01. The second-order valence-electron chi connectivity index (χ2n) is 3.08. The minimum absolute atomic E-state index is 0.473. The average Bonchev–Trinajstić information content (AvgIpc) is 2.14. The van der Waals surface area contributed by atoms with Crippen molar-refractivity contribution in [1.82, 2.24) is 9.97 Å². The van der Waals surface area contributed by atoms with Crippen molar-refractivity contribution in [3.63, 3.8) is 0 Å². The van der Waals surface area contributed by atoms with Crippen LogP contribution in [0.1, 0.15) is 19.8 Å². The van der Waals surface area contributed by atoms with Crippen molar-refractivity contribution < 1.29 is 0 Å². The summed E-state index contributed by atoms with van der Waals surface area (Å²) >= 11 is 0. The Morgan fingerprint density at radius 3 is 2.85 bits per heavy atom. The summed E-state index contributed by atoms with van der Waals surface area (Å²) in [5, 5.41) is 0. The molecule has 0 aliphatic rings. The lowest BCUT2D eigenvalue weighted by molar-refractivity contribution is 0.758. The summed E-state index contributed by atoms with van der Waals surface area (Å²) in [6.07, 6.45) is 5.62. The van der Waals surface area contributed by atoms with Crippen LogP contribution in [0.15, 0.2) is 12.4 Å². The van der Waals surface area contributed by atoms with Crippen molar-refractivity contribution in [3.8, 4) is 0 Å². The quantitative estimate of drug-likeness (QED) is 0.758. The summed E-state index contributed by atoms with van der Waals surface area (Å²) in [6.45, 7) is 3.16. The standard InChI is InChI=1S/C9H16N4/c1-3-4-5-13(2)9-7-11-6-8(10)12-9/h6-7H,3-5H2,1-2H3,(H2,10,12). The van der Waals surface area contributed by atoms with E-state index in [-0.39, 0.29) is 0 Å². The molecule has 0 radical (unpaired) electrons. The van der Waals surface area contributed by atoms with Crippen LogP contribution in [0.4, 0.5) is 11.6 Å². The van der Waals surface area contributed by atoms with Crippen molar-refractivity contribution in [2.24, 2.45) is 0 Å². The maximum Gasteiger partial charge on any atom is 0.149 e. The molecule has 4 nitrogen and oxygen atoms in total. The lowest BCUT2D eigenvalue weighted by atomic mass is 10.3. The second-order valence-corrected chi connectivity index (χ2v) is 3.08. The van der Waals surface area contributed by atoms with E-state index in [2.05, 4.69) is 21.8 Å². The molecule has 0 atom stereocenters. The summed E-state index contributed by atoms with van der Waals surface area (Å²) in [7, 11) is 2.00. The Morgan fingerprint density at radius 2 is 2.23 bits per heavy atom. The first kappa shape index (κ1) is 9.77. The lowest BCUT2D eigenvalue weighted by Gasteiger charge is -2.16. The molecular formula is C9H16N4. The van der Waals surface area contributed by atoms with Crippen molar-refractivity contribution in [2.45, 2.75) is 19.8 Å². The van der Waals surface area contributed by atoms with Gasteiger partial charge in [-0.1, -0.05) is 13.3 Å². The number of anilines is 2. The molecule has 0 aliphatic carbocycles. The van der Waals surface area contributed by atoms with Gasteiger partial charge in [0.25, 0.3) is 0 Å². The highest BCUT2D eigenvalue weighted by atomic mass is 15.2. The van der Waals surface area contributed by atoms with Gasteiger partial charge in [0.05, 0.1) is 12.4 Å². The van der Waals surface area contributed by atoms with Crippen molar-refractivity contribution in [3.05, 3.63) is 12.4 Å². The smallest absolute Gasteiger partial charge is 0.149 e. The van der Waals surface area contributed by atoms with Crippen molar-refractivity contribution >= 4 is 11.6 Å². The third kappa shape index (κ3) is 2.89. The monoisotopic (exact) mass is 180 g/mol. The van der Waals surface area contributed by atoms with E-state index in [0.717, 1.165) is 18.8 Å². The molecule has 1 rings (SSSR count). The molecule has 2 N–H and O–H groups in total. The molecule has 0 aromatic carbocycles. The molecule has 1 heterocycles. The molecule has 0 saturated heterocycles. The van der Waals surface area contributed by atoms with Gasteiger partial charge in [0.1, 0.15) is 11.6 Å². The third-order valence-corrected chi connectivity index (χ3v) is 1.88. The van der Waals surface area contributed by atoms with Gasteiger partial charge in [0.2, 0.25) is 0 Å². The summed E-state index contributed by atoms with van der Waals surface area (Å²) in [5.74, 6) is 1.31. The summed E-state index contributed by atoms with van der Waals surface area (Å²) < 4.78 is 0. The SMILES string of the molecule is CCCCN(C)c1cncc(N)n1. The van der Waals surface area contributed by atoms with Gasteiger partial charge in [0, 0.05) is 13.6 Å². The van der Waals surface area contributed by atoms with Crippen LogP contribution in [0.5, 0.6) is 0 Å². The fourth-order valence-corrected chi connectivity index (χ4v) is 1.06. The fraction of sp³-hybridized carbons (Fsp3) is 0.556. The molecule has 0 spiro atoms. The van der Waals surface area contributed by atoms with Crippen LogP contribution in [-0.2, 0) is 0 Å². The normalized spacial score (nSPS) is 10.0. The van der Waals surface area contributed by atoms with Gasteiger partial charge in [-0.3, -0.25) is 4.98 Å². The molecule has 72 valence electrons. The summed E-state index contributed by atoms with van der Waals surface area (Å²) in [5.41, 5.74) is 5.52. The number of aromatic nitrogens is 2. The Hall–Kier alpha value is -1.32. The topological polar surface area (TPSA) is 55.0 Å². The van der Waals surface area contributed by atoms with Crippen LogP contribution in [-0.4, -0.2) is 23.6 Å². The van der Waals surface area contributed by atoms with E-state index in [1.54, 1.807) is 12.4 Å². The van der Waals surface area contributed by atoms with Crippen molar-refractivity contribution in [1.29, 1.82) is 0 Å². The Bertz CT molecular complexity index is 262. The first-order valence-corrected chi connectivity index (χ1v) is 4.52. The minimum Gasteiger partial charge on any atom is -0.382 e. The molecule has 0 amide bonds. The Morgan fingerprint density at radius 1 is 1.46 bits per heavy atom. The summed E-state index contributed by atoms with van der Waals surface area (Å²) in [4.78, 5) is 10.2. The van der Waals surface area contributed by atoms with E-state index in [1.165, 1.54) is 6.42 Å². The molecule has 13 heavy (non-hydrogen) atoms. The van der Waals surface area contributed by atoms with E-state index in [1.807, 2.05) is 7.05 Å². The van der Waals surface area contributed by atoms with Crippen LogP contribution in [0.25, 0.3) is 0 Å². The fourth-order valence-electron chi connectivity index (χ4n) is 1.06. The third-order valence-electron chi connectivity index (χ3n) is 1.88. The highest BCUT2D eigenvalue weighted by molar-refractivity contribution is 5.40. The van der Waals surface area contributed by atoms with E-state index >= 15 is 0 Å². The average molecular weight is 180 g/mol. The Labute approximate surface area is 78.8 Å². The zero-order valence-corrected chi connectivity index (χ0v) is 8.20. The number of hydrogen-bond acceptors (Lipinski definition) is 4. The van der Waals surface area contributed by atoms with Gasteiger partial charge in [0.15, 0.2) is 0 Å². The van der Waals surface area contributed by atoms with Gasteiger partial charge in [-0.05, 0) is 6.42 Å². The Kier molecular flexibility index (Phi) is 3.49. The van der Waals surface area contributed by atoms with E-state index in [0.29, 0.717) is 5.82 Å². The van der Waals surface area contributed by atoms with Crippen LogP contribution in [0, 0.1) is 0 Å². The number of nitrogen functional groups attached to an aromatic ring is 1. The van der Waals surface area contributed by atoms with Crippen molar-refractivity contribution in [2.75, 3.05) is 24.2 Å². The number of nitrogens with two attached hydrogens (primary N) is 1. The van der Waals surface area contributed by atoms with Crippen LogP contribution in [0.3, 0.4) is 0 Å². The maximum atomic E-state index is 5.52. The second kappa shape index (κ2) is 4.64. The number of nitrogens with zero attached hydrogens (tertiary/aromatic N) is 3. The lowest BCUT2D eigenvalue weighted by Crippen LogP contribution is -2.20. The van der Waals surface area contributed by atoms with Crippen LogP contribution in [0.2, 0.25) is 0 Å². The molecular weight excluding hydrogens is 164 g/mol. The number of hydrogen-bond donors (Lipinski definition) is 1. The molecule has 0 aliphatic heterocycles. The van der Waals surface area contributed by atoms with E-state index < -0.39 is 0 Å². The molecule has 0 saturated carbocycles. The van der Waals surface area contributed by atoms with Gasteiger partial charge < -0.3 is 10.6 Å². The molecule has 0 fully saturated rings. The largest absolute Gasteiger partial charge is 0.382 e. The van der Waals surface area contributed by atoms with E-state index in [4.69, 9.17) is 5.73 Å². The minimum atomic E-state index is 0.473.